The molecule has 0 bridgehead atoms. The summed E-state index contributed by atoms with van der Waals surface area (Å²) in [4.78, 5) is 24.4. The lowest BCUT2D eigenvalue weighted by Gasteiger charge is -2.26. The molecule has 1 atom stereocenters. The molecule has 0 saturated heterocycles. The summed E-state index contributed by atoms with van der Waals surface area (Å²) >= 11 is 0. The van der Waals surface area contributed by atoms with Crippen molar-refractivity contribution < 1.29 is 22.7 Å². The molecule has 8 heteroatoms. The number of carbonyl (C=O) groups excluding carboxylic acids is 2. The molecule has 0 fully saturated rings. The van der Waals surface area contributed by atoms with Gasteiger partial charge in [0.05, 0.1) is 16.5 Å². The maximum atomic E-state index is 12.2. The van der Waals surface area contributed by atoms with Crippen molar-refractivity contribution in [3.8, 4) is 0 Å². The second kappa shape index (κ2) is 8.53. The van der Waals surface area contributed by atoms with Crippen molar-refractivity contribution in [1.82, 2.24) is 10.0 Å². The van der Waals surface area contributed by atoms with Crippen molar-refractivity contribution >= 4 is 21.9 Å². The number of hydrogen-bond donors (Lipinski definition) is 2. The Morgan fingerprint density at radius 2 is 1.93 bits per heavy atom. The number of amides is 1. The van der Waals surface area contributed by atoms with E-state index in [1.807, 2.05) is 18.2 Å². The summed E-state index contributed by atoms with van der Waals surface area (Å²) in [5, 5.41) is 2.90. The minimum atomic E-state index is -3.67. The van der Waals surface area contributed by atoms with E-state index in [1.54, 1.807) is 0 Å². The van der Waals surface area contributed by atoms with E-state index < -0.39 is 28.5 Å². The lowest BCUT2D eigenvalue weighted by molar-refractivity contribution is -0.125. The molecule has 1 aliphatic carbocycles. The number of aryl methyl sites for hydroxylation is 1. The third-order valence-corrected chi connectivity index (χ3v) is 6.10. The molecule has 2 aromatic carbocycles. The number of benzene rings is 2. The summed E-state index contributed by atoms with van der Waals surface area (Å²) in [6.45, 7) is -0.430. The van der Waals surface area contributed by atoms with E-state index in [4.69, 9.17) is 4.74 Å². The van der Waals surface area contributed by atoms with Crippen LogP contribution in [0.3, 0.4) is 0 Å². The molecular weight excluding hydrogens is 380 g/mol. The molecule has 148 valence electrons. The van der Waals surface area contributed by atoms with E-state index in [9.17, 15) is 18.0 Å². The van der Waals surface area contributed by atoms with Gasteiger partial charge >= 0.3 is 5.97 Å². The number of carbonyl (C=O) groups is 2. The fraction of sp³-hybridized carbons (Fsp3) is 0.300. The summed E-state index contributed by atoms with van der Waals surface area (Å²) < 4.78 is 30.9. The van der Waals surface area contributed by atoms with Crippen LogP contribution in [-0.4, -0.2) is 33.9 Å². The topological polar surface area (TPSA) is 102 Å². The van der Waals surface area contributed by atoms with Gasteiger partial charge in [0.1, 0.15) is 0 Å². The molecule has 2 N–H and O–H groups in total. The number of rotatable bonds is 6. The Hall–Kier alpha value is -2.71. The van der Waals surface area contributed by atoms with Gasteiger partial charge in [0.15, 0.2) is 6.61 Å². The van der Waals surface area contributed by atoms with Crippen molar-refractivity contribution in [3.63, 3.8) is 0 Å². The molecule has 1 amide bonds. The molecule has 3 rings (SSSR count). The van der Waals surface area contributed by atoms with Crippen LogP contribution in [0.2, 0.25) is 0 Å². The van der Waals surface area contributed by atoms with Gasteiger partial charge in [-0.15, -0.1) is 0 Å². The Bertz CT molecular complexity index is 988. The number of sulfonamides is 1. The van der Waals surface area contributed by atoms with Crippen molar-refractivity contribution in [2.45, 2.75) is 30.2 Å². The van der Waals surface area contributed by atoms with E-state index in [0.29, 0.717) is 0 Å². The van der Waals surface area contributed by atoms with Crippen LogP contribution >= 0.6 is 0 Å². The lowest BCUT2D eigenvalue weighted by Crippen LogP contribution is -2.34. The van der Waals surface area contributed by atoms with Crippen LogP contribution < -0.4 is 10.0 Å². The van der Waals surface area contributed by atoms with Gasteiger partial charge in [0.25, 0.3) is 5.91 Å². The molecule has 0 aliphatic heterocycles. The van der Waals surface area contributed by atoms with E-state index in [-0.39, 0.29) is 16.5 Å². The van der Waals surface area contributed by atoms with Crippen LogP contribution in [0.15, 0.2) is 53.4 Å². The Kier molecular flexibility index (Phi) is 6.11. The summed E-state index contributed by atoms with van der Waals surface area (Å²) in [6, 6.07) is 13.3. The van der Waals surface area contributed by atoms with Gasteiger partial charge in [-0.2, -0.15) is 0 Å². The standard InChI is InChI=1S/C20H22N2O5S/c1-21-28(25,26)16-9-4-8-15(12-16)20(24)27-13-19(23)22-18-11-5-7-14-6-2-3-10-17(14)18/h2-4,6,8-10,12,18,21H,5,7,11,13H2,1H3,(H,22,23)/t18-/m1/s1. The summed E-state index contributed by atoms with van der Waals surface area (Å²) in [5.74, 6) is -1.15. The number of esters is 1. The highest BCUT2D eigenvalue weighted by molar-refractivity contribution is 7.89. The van der Waals surface area contributed by atoms with Crippen molar-refractivity contribution in [2.75, 3.05) is 13.7 Å². The monoisotopic (exact) mass is 402 g/mol. The number of fused-ring (bicyclic) bond motifs is 1. The first-order valence-corrected chi connectivity index (χ1v) is 10.5. The van der Waals surface area contributed by atoms with Crippen LogP contribution in [-0.2, 0) is 26.0 Å². The van der Waals surface area contributed by atoms with Crippen molar-refractivity contribution in [1.29, 1.82) is 0 Å². The molecule has 7 nitrogen and oxygen atoms in total. The lowest BCUT2D eigenvalue weighted by atomic mass is 9.88. The molecular formula is C20H22N2O5S. The molecule has 0 radical (unpaired) electrons. The number of ether oxygens (including phenoxy) is 1. The molecule has 28 heavy (non-hydrogen) atoms. The fourth-order valence-corrected chi connectivity index (χ4v) is 4.04. The average molecular weight is 402 g/mol. The van der Waals surface area contributed by atoms with Gasteiger partial charge in [-0.3, -0.25) is 4.79 Å². The van der Waals surface area contributed by atoms with Gasteiger partial charge in [-0.25, -0.2) is 17.9 Å². The van der Waals surface area contributed by atoms with Crippen LogP contribution in [0.5, 0.6) is 0 Å². The summed E-state index contributed by atoms with van der Waals surface area (Å²) in [7, 11) is -2.38. The molecule has 2 aromatic rings. The number of hydrogen-bond acceptors (Lipinski definition) is 5. The summed E-state index contributed by atoms with van der Waals surface area (Å²) in [5.41, 5.74) is 2.38. The zero-order chi connectivity index (χ0) is 20.1. The van der Waals surface area contributed by atoms with Crippen LogP contribution in [0.1, 0.15) is 40.4 Å². The van der Waals surface area contributed by atoms with E-state index in [1.165, 1.54) is 36.9 Å². The van der Waals surface area contributed by atoms with Crippen LogP contribution in [0.25, 0.3) is 0 Å². The maximum Gasteiger partial charge on any atom is 0.338 e. The van der Waals surface area contributed by atoms with E-state index in [0.717, 1.165) is 24.8 Å². The zero-order valence-corrected chi connectivity index (χ0v) is 16.3. The Labute approximate surface area is 164 Å². The second-order valence-electron chi connectivity index (χ2n) is 6.52. The largest absolute Gasteiger partial charge is 0.452 e. The molecule has 0 heterocycles. The molecule has 0 spiro atoms. The fourth-order valence-electron chi connectivity index (χ4n) is 3.26. The quantitative estimate of drug-likeness (QED) is 0.719. The molecule has 0 aromatic heterocycles. The van der Waals surface area contributed by atoms with Gasteiger partial charge in [-0.05, 0) is 55.6 Å². The van der Waals surface area contributed by atoms with Gasteiger partial charge in [-0.1, -0.05) is 30.3 Å². The first kappa shape index (κ1) is 20.0. The van der Waals surface area contributed by atoms with Crippen LogP contribution in [0.4, 0.5) is 0 Å². The third-order valence-electron chi connectivity index (χ3n) is 4.69. The zero-order valence-electron chi connectivity index (χ0n) is 15.5. The van der Waals surface area contributed by atoms with E-state index in [2.05, 4.69) is 16.1 Å². The first-order valence-electron chi connectivity index (χ1n) is 8.98. The van der Waals surface area contributed by atoms with Crippen molar-refractivity contribution in [2.24, 2.45) is 0 Å². The average Bonchev–Trinajstić information content (AvgIpc) is 2.72. The minimum absolute atomic E-state index is 0.0484. The van der Waals surface area contributed by atoms with Crippen LogP contribution in [0, 0.1) is 0 Å². The Morgan fingerprint density at radius 1 is 1.14 bits per heavy atom. The highest BCUT2D eigenvalue weighted by Crippen LogP contribution is 2.29. The van der Waals surface area contributed by atoms with Crippen molar-refractivity contribution in [3.05, 3.63) is 65.2 Å². The van der Waals surface area contributed by atoms with E-state index >= 15 is 0 Å². The molecule has 0 saturated carbocycles. The van der Waals surface area contributed by atoms with Gasteiger partial charge in [0, 0.05) is 0 Å². The first-order chi connectivity index (χ1) is 13.4. The molecule has 0 unspecified atom stereocenters. The SMILES string of the molecule is CNS(=O)(=O)c1cccc(C(=O)OCC(=O)N[C@@H]2CCCc3ccccc32)c1. The normalized spacial score (nSPS) is 16.1. The highest BCUT2D eigenvalue weighted by Gasteiger charge is 2.22. The smallest absolute Gasteiger partial charge is 0.338 e. The third kappa shape index (κ3) is 4.58. The predicted molar refractivity (Wildman–Crippen MR) is 103 cm³/mol. The summed E-state index contributed by atoms with van der Waals surface area (Å²) in [6.07, 6.45) is 2.80. The predicted octanol–water partition coefficient (Wildman–Crippen LogP) is 1.95. The maximum absolute atomic E-state index is 12.2. The Balaban J connectivity index is 1.60. The molecule has 1 aliphatic rings. The minimum Gasteiger partial charge on any atom is -0.452 e. The highest BCUT2D eigenvalue weighted by atomic mass is 32.2. The second-order valence-corrected chi connectivity index (χ2v) is 8.41. The number of nitrogens with one attached hydrogen (secondary N) is 2. The van der Waals surface area contributed by atoms with Gasteiger partial charge in [0.2, 0.25) is 10.0 Å². The van der Waals surface area contributed by atoms with Gasteiger partial charge < -0.3 is 10.1 Å². The Morgan fingerprint density at radius 3 is 2.71 bits per heavy atom.